The largest absolute Gasteiger partial charge is 0.463 e. The molecule has 90 valence electrons. The predicted molar refractivity (Wildman–Crippen MR) is 61.0 cm³/mol. The minimum Gasteiger partial charge on any atom is -0.463 e. The number of hydrogen-bond acceptors (Lipinski definition) is 6. The molecular formula is C11H11NO4S. The lowest BCUT2D eigenvalue weighted by atomic mass is 10.3. The molecule has 2 heterocycles. The second kappa shape index (κ2) is 4.68. The van der Waals surface area contributed by atoms with Gasteiger partial charge < -0.3 is 14.3 Å². The molecule has 1 N–H and O–H groups in total. The highest BCUT2D eigenvalue weighted by atomic mass is 32.1. The van der Waals surface area contributed by atoms with Gasteiger partial charge in [-0.15, -0.1) is 11.3 Å². The summed E-state index contributed by atoms with van der Waals surface area (Å²) in [6.45, 7) is 1.84. The normalized spacial score (nSPS) is 12.4. The zero-order chi connectivity index (χ0) is 12.4. The number of aliphatic hydroxyl groups excluding tert-OH is 1. The molecule has 1 atom stereocenters. The highest BCUT2D eigenvalue weighted by Crippen LogP contribution is 2.26. The molecule has 0 bridgehead atoms. The number of carbonyl (C=O) groups is 1. The number of hydrogen-bond donors (Lipinski definition) is 1. The van der Waals surface area contributed by atoms with E-state index in [1.54, 1.807) is 0 Å². The fraction of sp³-hybridized carbons (Fsp3) is 0.273. The van der Waals surface area contributed by atoms with E-state index in [1.165, 1.54) is 30.6 Å². The highest BCUT2D eigenvalue weighted by molar-refractivity contribution is 7.09. The van der Waals surface area contributed by atoms with Crippen molar-refractivity contribution in [3.63, 3.8) is 0 Å². The number of rotatable bonds is 3. The number of nitrogens with zero attached hydrogens (tertiary/aromatic N) is 1. The van der Waals surface area contributed by atoms with Gasteiger partial charge >= 0.3 is 5.97 Å². The van der Waals surface area contributed by atoms with E-state index in [4.69, 9.17) is 4.42 Å². The van der Waals surface area contributed by atoms with Crippen molar-refractivity contribution in [3.05, 3.63) is 39.7 Å². The Labute approximate surface area is 102 Å². The zero-order valence-electron chi connectivity index (χ0n) is 9.34. The van der Waals surface area contributed by atoms with Gasteiger partial charge in [-0.05, 0) is 19.1 Å². The Hall–Kier alpha value is -1.66. The third-order valence-corrected chi connectivity index (χ3v) is 3.17. The van der Waals surface area contributed by atoms with Gasteiger partial charge in [0.05, 0.1) is 7.11 Å². The van der Waals surface area contributed by atoms with Crippen LogP contribution in [-0.4, -0.2) is 23.2 Å². The van der Waals surface area contributed by atoms with Gasteiger partial charge in [0.25, 0.3) is 0 Å². The summed E-state index contributed by atoms with van der Waals surface area (Å²) < 4.78 is 9.72. The van der Waals surface area contributed by atoms with Crippen molar-refractivity contribution in [2.24, 2.45) is 0 Å². The van der Waals surface area contributed by atoms with Gasteiger partial charge in [-0.3, -0.25) is 0 Å². The van der Waals surface area contributed by atoms with Crippen molar-refractivity contribution in [1.82, 2.24) is 4.98 Å². The van der Waals surface area contributed by atoms with E-state index in [1.807, 2.05) is 12.3 Å². The van der Waals surface area contributed by atoms with Crippen molar-refractivity contribution < 1.29 is 19.1 Å². The fourth-order valence-electron chi connectivity index (χ4n) is 1.33. The third-order valence-electron chi connectivity index (χ3n) is 2.15. The molecular weight excluding hydrogens is 242 g/mol. The standard InChI is InChI=1S/C11H11NO4S/c1-6-5-17-10(12-6)9(13)7-3-4-8(16-7)11(14)15-2/h3-5,9,13H,1-2H3. The van der Waals surface area contributed by atoms with Crippen LogP contribution in [0.4, 0.5) is 0 Å². The molecule has 0 saturated carbocycles. The number of furan rings is 1. The Morgan fingerprint density at radius 2 is 2.35 bits per heavy atom. The maximum Gasteiger partial charge on any atom is 0.373 e. The summed E-state index contributed by atoms with van der Waals surface area (Å²) in [4.78, 5) is 15.3. The van der Waals surface area contributed by atoms with E-state index in [-0.39, 0.29) is 11.5 Å². The monoisotopic (exact) mass is 253 g/mol. The lowest BCUT2D eigenvalue weighted by Crippen LogP contribution is -2.00. The van der Waals surface area contributed by atoms with Crippen LogP contribution in [-0.2, 0) is 4.74 Å². The summed E-state index contributed by atoms with van der Waals surface area (Å²) in [5, 5.41) is 12.3. The smallest absolute Gasteiger partial charge is 0.373 e. The first-order valence-corrected chi connectivity index (χ1v) is 5.78. The summed E-state index contributed by atoms with van der Waals surface area (Å²) in [5.74, 6) is -0.228. The Morgan fingerprint density at radius 3 is 2.94 bits per heavy atom. The number of esters is 1. The van der Waals surface area contributed by atoms with Crippen LogP contribution >= 0.6 is 11.3 Å². The molecule has 2 rings (SSSR count). The Balaban J connectivity index is 2.23. The molecule has 0 saturated heterocycles. The molecule has 0 aliphatic carbocycles. The topological polar surface area (TPSA) is 72.6 Å². The molecule has 2 aromatic rings. The van der Waals surface area contributed by atoms with Crippen LogP contribution in [0.15, 0.2) is 21.9 Å². The molecule has 0 radical (unpaired) electrons. The lowest BCUT2D eigenvalue weighted by molar-refractivity contribution is 0.0558. The molecule has 2 aromatic heterocycles. The number of methoxy groups -OCH3 is 1. The Morgan fingerprint density at radius 1 is 1.59 bits per heavy atom. The van der Waals surface area contributed by atoms with E-state index in [9.17, 15) is 9.90 Å². The Bertz CT molecular complexity index is 531. The van der Waals surface area contributed by atoms with E-state index >= 15 is 0 Å². The van der Waals surface area contributed by atoms with Crippen molar-refractivity contribution >= 4 is 17.3 Å². The molecule has 0 aliphatic heterocycles. The molecule has 0 aromatic carbocycles. The summed E-state index contributed by atoms with van der Waals surface area (Å²) in [7, 11) is 1.27. The average molecular weight is 253 g/mol. The van der Waals surface area contributed by atoms with Crippen LogP contribution in [0.25, 0.3) is 0 Å². The van der Waals surface area contributed by atoms with E-state index in [0.717, 1.165) is 5.69 Å². The number of carbonyl (C=O) groups excluding carboxylic acids is 1. The van der Waals surface area contributed by atoms with Gasteiger partial charge in [0, 0.05) is 11.1 Å². The second-order valence-corrected chi connectivity index (χ2v) is 4.31. The minimum atomic E-state index is -0.952. The number of ether oxygens (including phenoxy) is 1. The summed E-state index contributed by atoms with van der Waals surface area (Å²) in [6, 6.07) is 3.00. The molecule has 0 spiro atoms. The van der Waals surface area contributed by atoms with Gasteiger partial charge in [0.15, 0.2) is 6.10 Å². The van der Waals surface area contributed by atoms with Gasteiger partial charge in [0.1, 0.15) is 10.8 Å². The number of aryl methyl sites for hydroxylation is 1. The average Bonchev–Trinajstić information content (AvgIpc) is 2.95. The molecule has 1 unspecified atom stereocenters. The van der Waals surface area contributed by atoms with Crippen molar-refractivity contribution in [2.75, 3.05) is 7.11 Å². The molecule has 6 heteroatoms. The maximum atomic E-state index is 11.2. The van der Waals surface area contributed by atoms with Crippen LogP contribution in [0.2, 0.25) is 0 Å². The van der Waals surface area contributed by atoms with Gasteiger partial charge in [-0.25, -0.2) is 9.78 Å². The van der Waals surface area contributed by atoms with Gasteiger partial charge in [0.2, 0.25) is 5.76 Å². The van der Waals surface area contributed by atoms with Gasteiger partial charge in [-0.2, -0.15) is 0 Å². The van der Waals surface area contributed by atoms with E-state index in [0.29, 0.717) is 5.01 Å². The molecule has 0 fully saturated rings. The van der Waals surface area contributed by atoms with Gasteiger partial charge in [-0.1, -0.05) is 0 Å². The predicted octanol–water partition coefficient (Wildman–Crippen LogP) is 1.91. The highest BCUT2D eigenvalue weighted by Gasteiger charge is 2.20. The molecule has 5 nitrogen and oxygen atoms in total. The lowest BCUT2D eigenvalue weighted by Gasteiger charge is -2.02. The van der Waals surface area contributed by atoms with Crippen LogP contribution in [0, 0.1) is 6.92 Å². The third kappa shape index (κ3) is 2.37. The first kappa shape index (κ1) is 11.8. The van der Waals surface area contributed by atoms with E-state index in [2.05, 4.69) is 9.72 Å². The fourth-order valence-corrected chi connectivity index (χ4v) is 2.12. The first-order chi connectivity index (χ1) is 8.11. The van der Waals surface area contributed by atoms with Crippen LogP contribution in [0.5, 0.6) is 0 Å². The van der Waals surface area contributed by atoms with Crippen LogP contribution in [0.1, 0.15) is 33.1 Å². The van der Waals surface area contributed by atoms with Crippen molar-refractivity contribution in [3.8, 4) is 0 Å². The SMILES string of the molecule is COC(=O)c1ccc(C(O)c2nc(C)cs2)o1. The van der Waals surface area contributed by atoms with Crippen molar-refractivity contribution in [2.45, 2.75) is 13.0 Å². The van der Waals surface area contributed by atoms with E-state index < -0.39 is 12.1 Å². The summed E-state index contributed by atoms with van der Waals surface area (Å²) in [5.41, 5.74) is 0.837. The molecule has 0 amide bonds. The maximum absolute atomic E-state index is 11.2. The molecule has 17 heavy (non-hydrogen) atoms. The number of aromatic nitrogens is 1. The van der Waals surface area contributed by atoms with Crippen LogP contribution in [0.3, 0.4) is 0 Å². The zero-order valence-corrected chi connectivity index (χ0v) is 10.2. The summed E-state index contributed by atoms with van der Waals surface area (Å²) in [6.07, 6.45) is -0.952. The number of aliphatic hydroxyl groups is 1. The quantitative estimate of drug-likeness (QED) is 0.846. The second-order valence-electron chi connectivity index (χ2n) is 3.42. The Kier molecular flexibility index (Phi) is 3.26. The molecule has 0 aliphatic rings. The summed E-state index contributed by atoms with van der Waals surface area (Å²) >= 11 is 1.34. The minimum absolute atomic E-state index is 0.0647. The number of thiazole rings is 1. The van der Waals surface area contributed by atoms with Crippen LogP contribution < -0.4 is 0 Å². The van der Waals surface area contributed by atoms with Crippen molar-refractivity contribution in [1.29, 1.82) is 0 Å². The first-order valence-electron chi connectivity index (χ1n) is 4.90.